The number of aliphatic hydroxyl groups is 1. The van der Waals surface area contributed by atoms with Gasteiger partial charge in [-0.25, -0.2) is 0 Å². The van der Waals surface area contributed by atoms with Gasteiger partial charge in [0.25, 0.3) is 0 Å². The van der Waals surface area contributed by atoms with E-state index < -0.39 is 0 Å². The third-order valence-corrected chi connectivity index (χ3v) is 8.97. The molecular weight excluding hydrogens is 468 g/mol. The van der Waals surface area contributed by atoms with Crippen LogP contribution >= 0.6 is 11.6 Å². The van der Waals surface area contributed by atoms with Crippen molar-refractivity contribution in [3.63, 3.8) is 0 Å². The molecule has 8 heteroatoms. The second-order valence-electron chi connectivity index (χ2n) is 11.5. The zero-order chi connectivity index (χ0) is 22.4. The summed E-state index contributed by atoms with van der Waals surface area (Å²) in [5.74, 6) is 2.25. The standard InChI is InChI=1S/C26H47ClN2O2.CH4.3H2O/c1-4-6-23(28-25(31)21-8-5-7-19(15-21)17-30)16-29-14-13-24(26(2,3)18-29)20-9-11-22(27)12-10-20;;;;/h19-24,30H,4-18H2,1-3H3,(H,28,31);1H4;3*1H2/t19?,20?,21?,22?,23-,24?;;;;/m1..../s1. The van der Waals surface area contributed by atoms with E-state index in [0.717, 1.165) is 70.0 Å². The van der Waals surface area contributed by atoms with Gasteiger partial charge in [0.05, 0.1) is 0 Å². The van der Waals surface area contributed by atoms with Gasteiger partial charge in [-0.15, -0.1) is 11.6 Å². The Hall–Kier alpha value is -0.440. The first kappa shape index (κ1) is 36.7. The van der Waals surface area contributed by atoms with E-state index in [2.05, 4.69) is 31.0 Å². The van der Waals surface area contributed by atoms with Crippen LogP contribution in [0.3, 0.4) is 0 Å². The minimum atomic E-state index is 0. The van der Waals surface area contributed by atoms with Crippen molar-refractivity contribution >= 4 is 17.5 Å². The van der Waals surface area contributed by atoms with Crippen molar-refractivity contribution in [1.82, 2.24) is 10.2 Å². The van der Waals surface area contributed by atoms with Crippen LogP contribution in [-0.4, -0.2) is 70.0 Å². The van der Waals surface area contributed by atoms with E-state index in [1.807, 2.05) is 0 Å². The van der Waals surface area contributed by atoms with Gasteiger partial charge in [-0.1, -0.05) is 41.0 Å². The lowest BCUT2D eigenvalue weighted by Crippen LogP contribution is -2.53. The number of alkyl halides is 1. The molecule has 1 saturated heterocycles. The first-order chi connectivity index (χ1) is 14.8. The summed E-state index contributed by atoms with van der Waals surface area (Å²) in [6, 6.07) is 0.242. The minimum absolute atomic E-state index is 0. The Labute approximate surface area is 219 Å². The van der Waals surface area contributed by atoms with Gasteiger partial charge in [-0.05, 0) is 87.5 Å². The molecule has 0 radical (unpaired) electrons. The number of likely N-dealkylation sites (tertiary alicyclic amines) is 1. The molecule has 3 rings (SSSR count). The third kappa shape index (κ3) is 10.4. The molecule has 4 atom stereocenters. The lowest BCUT2D eigenvalue weighted by molar-refractivity contribution is -0.127. The summed E-state index contributed by atoms with van der Waals surface area (Å²) in [6.45, 7) is 10.6. The van der Waals surface area contributed by atoms with Gasteiger partial charge in [-0.2, -0.15) is 0 Å². The maximum atomic E-state index is 13.0. The maximum absolute atomic E-state index is 13.0. The summed E-state index contributed by atoms with van der Waals surface area (Å²) in [4.78, 5) is 15.6. The Balaban J connectivity index is 0. The van der Waals surface area contributed by atoms with Crippen molar-refractivity contribution in [3.05, 3.63) is 0 Å². The van der Waals surface area contributed by atoms with Crippen LogP contribution in [0.25, 0.3) is 0 Å². The SMILES string of the molecule is C.CCC[C@H](CN1CCC(C2CCC(Cl)CC2)C(C)(C)C1)NC(=O)C1CCCC(CO)C1.O.O.O. The maximum Gasteiger partial charge on any atom is 0.223 e. The van der Waals surface area contributed by atoms with Crippen LogP contribution in [0, 0.1) is 29.1 Å². The van der Waals surface area contributed by atoms with Gasteiger partial charge in [0.1, 0.15) is 0 Å². The molecule has 1 aliphatic heterocycles. The van der Waals surface area contributed by atoms with Crippen molar-refractivity contribution < 1.29 is 26.3 Å². The molecule has 3 aliphatic rings. The molecule has 35 heavy (non-hydrogen) atoms. The second kappa shape index (κ2) is 17.1. The van der Waals surface area contributed by atoms with Crippen molar-refractivity contribution in [1.29, 1.82) is 0 Å². The molecule has 1 amide bonds. The summed E-state index contributed by atoms with van der Waals surface area (Å²) in [6.07, 6.45) is 12.3. The fourth-order valence-corrected chi connectivity index (χ4v) is 7.13. The van der Waals surface area contributed by atoms with E-state index in [1.54, 1.807) is 0 Å². The molecule has 2 saturated carbocycles. The van der Waals surface area contributed by atoms with Crippen LogP contribution in [0.2, 0.25) is 0 Å². The summed E-state index contributed by atoms with van der Waals surface area (Å²) in [5, 5.41) is 13.3. The van der Waals surface area contributed by atoms with Crippen molar-refractivity contribution in [2.24, 2.45) is 29.1 Å². The van der Waals surface area contributed by atoms with E-state index in [0.29, 0.717) is 16.7 Å². The predicted octanol–water partition coefficient (Wildman–Crippen LogP) is 3.38. The normalized spacial score (nSPS) is 31.4. The number of hydrogen-bond donors (Lipinski definition) is 2. The first-order valence-electron chi connectivity index (χ1n) is 13.1. The topological polar surface area (TPSA) is 147 Å². The van der Waals surface area contributed by atoms with E-state index in [-0.39, 0.29) is 48.3 Å². The van der Waals surface area contributed by atoms with Crippen molar-refractivity contribution in [2.45, 2.75) is 110 Å². The average molecular weight is 525 g/mol. The fourth-order valence-electron chi connectivity index (χ4n) is 6.88. The smallest absolute Gasteiger partial charge is 0.223 e. The number of aliphatic hydroxyl groups excluding tert-OH is 1. The van der Waals surface area contributed by atoms with E-state index in [9.17, 15) is 9.90 Å². The first-order valence-corrected chi connectivity index (χ1v) is 13.5. The van der Waals surface area contributed by atoms with Gasteiger partial charge in [0.15, 0.2) is 0 Å². The fraction of sp³-hybridized carbons (Fsp3) is 0.963. The Morgan fingerprint density at radius 1 is 1.09 bits per heavy atom. The van der Waals surface area contributed by atoms with Gasteiger partial charge in [-0.3, -0.25) is 4.79 Å². The Kier molecular flexibility index (Phi) is 18.0. The van der Waals surface area contributed by atoms with Crippen LogP contribution in [0.4, 0.5) is 0 Å². The predicted molar refractivity (Wildman–Crippen MR) is 147 cm³/mol. The molecule has 3 fully saturated rings. The molecule has 0 bridgehead atoms. The summed E-state index contributed by atoms with van der Waals surface area (Å²) in [7, 11) is 0. The number of carbonyl (C=O) groups excluding carboxylic acids is 1. The Bertz CT molecular complexity index is 572. The number of rotatable bonds is 8. The molecule has 1 heterocycles. The molecule has 0 spiro atoms. The van der Waals surface area contributed by atoms with Crippen LogP contribution in [0.1, 0.15) is 98.8 Å². The van der Waals surface area contributed by atoms with Crippen molar-refractivity contribution in [3.8, 4) is 0 Å². The number of amides is 1. The molecule has 0 aromatic heterocycles. The highest BCUT2D eigenvalue weighted by atomic mass is 35.5. The van der Waals surface area contributed by atoms with Crippen molar-refractivity contribution in [2.75, 3.05) is 26.2 Å². The number of carbonyl (C=O) groups is 1. The minimum Gasteiger partial charge on any atom is -0.412 e. The van der Waals surface area contributed by atoms with Crippen LogP contribution < -0.4 is 5.32 Å². The number of piperidine rings is 1. The molecule has 7 nitrogen and oxygen atoms in total. The lowest BCUT2D eigenvalue weighted by atomic mass is 9.64. The van der Waals surface area contributed by atoms with Crippen LogP contribution in [0.5, 0.6) is 0 Å². The third-order valence-electron chi connectivity index (χ3n) is 8.54. The molecule has 212 valence electrons. The van der Waals surface area contributed by atoms with Crippen LogP contribution in [-0.2, 0) is 4.79 Å². The molecule has 0 aromatic rings. The Morgan fingerprint density at radius 3 is 2.31 bits per heavy atom. The highest BCUT2D eigenvalue weighted by Gasteiger charge is 2.41. The number of halogens is 1. The summed E-state index contributed by atoms with van der Waals surface area (Å²) >= 11 is 6.36. The largest absolute Gasteiger partial charge is 0.412 e. The highest BCUT2D eigenvalue weighted by molar-refractivity contribution is 6.20. The van der Waals surface area contributed by atoms with Gasteiger partial charge in [0, 0.05) is 37.0 Å². The number of hydrogen-bond acceptors (Lipinski definition) is 3. The zero-order valence-electron chi connectivity index (χ0n) is 21.8. The molecule has 8 N–H and O–H groups in total. The van der Waals surface area contributed by atoms with E-state index in [4.69, 9.17) is 11.6 Å². The van der Waals surface area contributed by atoms with E-state index >= 15 is 0 Å². The Morgan fingerprint density at radius 2 is 1.74 bits per heavy atom. The summed E-state index contributed by atoms with van der Waals surface area (Å²) < 4.78 is 0. The number of nitrogens with one attached hydrogen (secondary N) is 1. The highest BCUT2D eigenvalue weighted by Crippen LogP contribution is 2.45. The number of nitrogens with zero attached hydrogens (tertiary/aromatic N) is 1. The zero-order valence-corrected chi connectivity index (χ0v) is 22.5. The quantitative estimate of drug-likeness (QED) is 0.469. The lowest BCUT2D eigenvalue weighted by Gasteiger charge is -2.49. The molecule has 2 aliphatic carbocycles. The second-order valence-corrected chi connectivity index (χ2v) is 12.2. The monoisotopic (exact) mass is 524 g/mol. The average Bonchev–Trinajstić information content (AvgIpc) is 2.74. The van der Waals surface area contributed by atoms with Crippen LogP contribution in [0.15, 0.2) is 0 Å². The van der Waals surface area contributed by atoms with Gasteiger partial charge < -0.3 is 31.8 Å². The molecule has 3 unspecified atom stereocenters. The van der Waals surface area contributed by atoms with E-state index in [1.165, 1.54) is 32.1 Å². The molecule has 0 aromatic carbocycles. The van der Waals surface area contributed by atoms with Gasteiger partial charge >= 0.3 is 0 Å². The summed E-state index contributed by atoms with van der Waals surface area (Å²) in [5.41, 5.74) is 0.320. The molecular formula is C27H57ClN2O5. The van der Waals surface area contributed by atoms with Gasteiger partial charge in [0.2, 0.25) is 5.91 Å².